The quantitative estimate of drug-likeness (QED) is 0.474. The predicted octanol–water partition coefficient (Wildman–Crippen LogP) is 4.47. The SMILES string of the molecule is N#Cc1cc2ccccc2cc1C#N.N=C1N=C(N)c2cc3ccccc3cc21. The van der Waals surface area contributed by atoms with Gasteiger partial charge in [-0.05, 0) is 45.8 Å². The number of nitriles is 2. The second-order valence-electron chi connectivity index (χ2n) is 6.56. The van der Waals surface area contributed by atoms with E-state index < -0.39 is 0 Å². The molecule has 5 nitrogen and oxygen atoms in total. The number of nitrogens with two attached hydrogens (primary N) is 1. The van der Waals surface area contributed by atoms with Crippen LogP contribution in [0.2, 0.25) is 0 Å². The maximum absolute atomic E-state index is 8.81. The summed E-state index contributed by atoms with van der Waals surface area (Å²) in [4.78, 5) is 3.96. The van der Waals surface area contributed by atoms with Crippen molar-refractivity contribution in [2.24, 2.45) is 10.7 Å². The highest BCUT2D eigenvalue weighted by Gasteiger charge is 2.18. The molecule has 0 spiro atoms. The van der Waals surface area contributed by atoms with Gasteiger partial charge in [-0.2, -0.15) is 10.5 Å². The fraction of sp³-hybridized carbons (Fsp3) is 0. The van der Waals surface area contributed by atoms with Crippen LogP contribution < -0.4 is 5.73 Å². The highest BCUT2D eigenvalue weighted by molar-refractivity contribution is 6.22. The van der Waals surface area contributed by atoms with E-state index in [0.29, 0.717) is 17.0 Å². The molecule has 0 amide bonds. The van der Waals surface area contributed by atoms with Gasteiger partial charge >= 0.3 is 0 Å². The standard InChI is InChI=1S/C12H9N3.C12H6N2/c13-11-9-5-7-3-1-2-4-8(7)6-10(9)12(14)15-11;13-7-11-5-9-3-1-2-4-10(9)6-12(11)8-14/h1-6H,(H3,13,14,15);1-6H. The van der Waals surface area contributed by atoms with Crippen molar-refractivity contribution in [1.29, 1.82) is 15.9 Å². The van der Waals surface area contributed by atoms with E-state index in [4.69, 9.17) is 21.7 Å². The molecule has 0 unspecified atom stereocenters. The predicted molar refractivity (Wildman–Crippen MR) is 115 cm³/mol. The summed E-state index contributed by atoms with van der Waals surface area (Å²) in [5.74, 6) is 0.703. The largest absolute Gasteiger partial charge is 0.383 e. The molecule has 1 heterocycles. The van der Waals surface area contributed by atoms with E-state index in [-0.39, 0.29) is 5.84 Å². The Bertz CT molecular complexity index is 1350. The smallest absolute Gasteiger partial charge is 0.154 e. The lowest BCUT2D eigenvalue weighted by Crippen LogP contribution is -2.10. The topological polar surface area (TPSA) is 110 Å². The lowest BCUT2D eigenvalue weighted by Gasteiger charge is -2.02. The van der Waals surface area contributed by atoms with Crippen LogP contribution in [0.15, 0.2) is 77.8 Å². The summed E-state index contributed by atoms with van der Waals surface area (Å²) in [5, 5.41) is 29.5. The van der Waals surface area contributed by atoms with Gasteiger partial charge in [-0.3, -0.25) is 5.41 Å². The Morgan fingerprint density at radius 2 is 1.10 bits per heavy atom. The summed E-state index contributed by atoms with van der Waals surface area (Å²) in [6.45, 7) is 0. The van der Waals surface area contributed by atoms with Crippen LogP contribution in [0.5, 0.6) is 0 Å². The van der Waals surface area contributed by atoms with Gasteiger partial charge in [0.05, 0.1) is 11.1 Å². The minimum absolute atomic E-state index is 0.258. The van der Waals surface area contributed by atoms with E-state index in [1.54, 1.807) is 12.1 Å². The third-order valence-corrected chi connectivity index (χ3v) is 4.78. The first-order valence-corrected chi connectivity index (χ1v) is 8.90. The number of hydrogen-bond donors (Lipinski definition) is 2. The zero-order valence-electron chi connectivity index (χ0n) is 15.3. The Labute approximate surface area is 167 Å². The number of nitrogens with one attached hydrogen (secondary N) is 1. The molecular formula is C24H15N5. The highest BCUT2D eigenvalue weighted by atomic mass is 14.9. The second-order valence-corrected chi connectivity index (χ2v) is 6.56. The highest BCUT2D eigenvalue weighted by Crippen LogP contribution is 2.24. The summed E-state index contributed by atoms with van der Waals surface area (Å²) >= 11 is 0. The lowest BCUT2D eigenvalue weighted by molar-refractivity contribution is 1.45. The summed E-state index contributed by atoms with van der Waals surface area (Å²) in [7, 11) is 0. The van der Waals surface area contributed by atoms with Crippen molar-refractivity contribution in [3.8, 4) is 12.1 Å². The summed E-state index contributed by atoms with van der Waals surface area (Å²) in [5.41, 5.74) is 8.31. The fourth-order valence-corrected chi connectivity index (χ4v) is 3.31. The van der Waals surface area contributed by atoms with Crippen molar-refractivity contribution in [2.45, 2.75) is 0 Å². The second kappa shape index (κ2) is 7.26. The van der Waals surface area contributed by atoms with Crippen molar-refractivity contribution in [1.82, 2.24) is 0 Å². The minimum Gasteiger partial charge on any atom is -0.383 e. The van der Waals surface area contributed by atoms with Crippen LogP contribution in [0.3, 0.4) is 0 Å². The first-order chi connectivity index (χ1) is 14.1. The molecule has 0 radical (unpaired) electrons. The monoisotopic (exact) mass is 373 g/mol. The van der Waals surface area contributed by atoms with Crippen LogP contribution in [-0.2, 0) is 0 Å². The molecule has 5 rings (SSSR count). The van der Waals surface area contributed by atoms with Crippen molar-refractivity contribution in [2.75, 3.05) is 0 Å². The molecule has 0 saturated carbocycles. The summed E-state index contributed by atoms with van der Waals surface area (Å²) < 4.78 is 0. The Morgan fingerprint density at radius 1 is 0.690 bits per heavy atom. The third-order valence-electron chi connectivity index (χ3n) is 4.78. The number of hydrogen-bond acceptors (Lipinski definition) is 4. The van der Waals surface area contributed by atoms with Gasteiger partial charge in [-0.25, -0.2) is 4.99 Å². The minimum atomic E-state index is 0.258. The maximum atomic E-state index is 8.81. The van der Waals surface area contributed by atoms with Crippen LogP contribution in [-0.4, -0.2) is 11.7 Å². The summed E-state index contributed by atoms with van der Waals surface area (Å²) in [6, 6.07) is 27.2. The van der Waals surface area contributed by atoms with E-state index in [1.807, 2.05) is 72.8 Å². The Balaban J connectivity index is 0.000000142. The number of rotatable bonds is 0. The van der Waals surface area contributed by atoms with Gasteiger partial charge in [0.25, 0.3) is 0 Å². The number of aliphatic imine (C=N–C) groups is 1. The van der Waals surface area contributed by atoms with E-state index in [1.165, 1.54) is 0 Å². The lowest BCUT2D eigenvalue weighted by atomic mass is 10.0. The Hall–Kier alpha value is -4.48. The first-order valence-electron chi connectivity index (χ1n) is 8.90. The van der Waals surface area contributed by atoms with Gasteiger partial charge in [0, 0.05) is 11.1 Å². The number of benzene rings is 4. The van der Waals surface area contributed by atoms with Crippen molar-refractivity contribution in [3.63, 3.8) is 0 Å². The molecule has 4 aromatic carbocycles. The van der Waals surface area contributed by atoms with Gasteiger partial charge in [-0.1, -0.05) is 48.5 Å². The first kappa shape index (κ1) is 17.9. The van der Waals surface area contributed by atoms with Crippen molar-refractivity contribution < 1.29 is 0 Å². The van der Waals surface area contributed by atoms with Crippen LogP contribution in [0, 0.1) is 28.1 Å². The van der Waals surface area contributed by atoms with Gasteiger partial charge in [-0.15, -0.1) is 0 Å². The Kier molecular flexibility index (Phi) is 4.49. The third kappa shape index (κ3) is 3.29. The van der Waals surface area contributed by atoms with Crippen LogP contribution in [0.4, 0.5) is 0 Å². The van der Waals surface area contributed by atoms with E-state index >= 15 is 0 Å². The molecule has 1 aliphatic heterocycles. The van der Waals surface area contributed by atoms with E-state index in [9.17, 15) is 0 Å². The molecule has 5 heteroatoms. The van der Waals surface area contributed by atoms with Crippen LogP contribution in [0.1, 0.15) is 22.3 Å². The van der Waals surface area contributed by atoms with Gasteiger partial charge in [0.1, 0.15) is 18.0 Å². The molecule has 0 aliphatic carbocycles. The molecular weight excluding hydrogens is 358 g/mol. The fourth-order valence-electron chi connectivity index (χ4n) is 3.31. The molecule has 0 saturated heterocycles. The van der Waals surface area contributed by atoms with E-state index in [2.05, 4.69) is 4.99 Å². The average molecular weight is 373 g/mol. The molecule has 4 aromatic rings. The normalized spacial score (nSPS) is 11.8. The van der Waals surface area contributed by atoms with Crippen LogP contribution in [0.25, 0.3) is 21.5 Å². The molecule has 29 heavy (non-hydrogen) atoms. The molecule has 0 fully saturated rings. The average Bonchev–Trinajstić information content (AvgIpc) is 3.04. The molecule has 0 aromatic heterocycles. The van der Waals surface area contributed by atoms with Gasteiger partial charge < -0.3 is 5.73 Å². The van der Waals surface area contributed by atoms with Crippen LogP contribution >= 0.6 is 0 Å². The molecule has 136 valence electrons. The number of fused-ring (bicyclic) bond motifs is 3. The van der Waals surface area contributed by atoms with E-state index in [0.717, 1.165) is 32.7 Å². The zero-order valence-corrected chi connectivity index (χ0v) is 15.3. The van der Waals surface area contributed by atoms with Gasteiger partial charge in [0.2, 0.25) is 0 Å². The molecule has 3 N–H and O–H groups in total. The number of amidine groups is 2. The summed E-state index contributed by atoms with van der Waals surface area (Å²) in [6.07, 6.45) is 0. The Morgan fingerprint density at radius 3 is 1.55 bits per heavy atom. The van der Waals surface area contributed by atoms with Gasteiger partial charge in [0.15, 0.2) is 5.84 Å². The molecule has 0 atom stereocenters. The van der Waals surface area contributed by atoms with Crippen molar-refractivity contribution in [3.05, 3.63) is 95.1 Å². The molecule has 0 bridgehead atoms. The molecule has 1 aliphatic rings. The zero-order chi connectivity index (χ0) is 20.4. The maximum Gasteiger partial charge on any atom is 0.154 e. The number of nitrogens with zero attached hydrogens (tertiary/aromatic N) is 3. The van der Waals surface area contributed by atoms with Crippen molar-refractivity contribution >= 4 is 33.2 Å².